The Morgan fingerprint density at radius 1 is 1.59 bits per heavy atom. The fourth-order valence-electron chi connectivity index (χ4n) is 2.05. The summed E-state index contributed by atoms with van der Waals surface area (Å²) >= 11 is 6.00. The van der Waals surface area contributed by atoms with Crippen molar-refractivity contribution >= 4 is 17.3 Å². The van der Waals surface area contributed by atoms with E-state index in [0.717, 1.165) is 13.0 Å². The zero-order valence-electron chi connectivity index (χ0n) is 9.46. The molecule has 1 aromatic carbocycles. The van der Waals surface area contributed by atoms with E-state index in [1.165, 1.54) is 18.2 Å². The highest BCUT2D eigenvalue weighted by molar-refractivity contribution is 6.33. The van der Waals surface area contributed by atoms with Gasteiger partial charge in [-0.05, 0) is 24.6 Å². The van der Waals surface area contributed by atoms with Crippen LogP contribution in [0.1, 0.15) is 6.42 Å². The molecule has 0 saturated carbocycles. The van der Waals surface area contributed by atoms with Crippen LogP contribution in [0.5, 0.6) is 0 Å². The maximum Gasteiger partial charge on any atom is 0.125 e. The number of benzene rings is 1. The number of ether oxygens (including phenoxy) is 1. The summed E-state index contributed by atoms with van der Waals surface area (Å²) in [5.74, 6) is 0.0506. The normalized spacial score (nSPS) is 21.5. The van der Waals surface area contributed by atoms with Crippen LogP contribution in [0, 0.1) is 11.7 Å². The molecule has 0 bridgehead atoms. The molecule has 3 nitrogen and oxygen atoms in total. The Balaban J connectivity index is 2.09. The highest BCUT2D eigenvalue weighted by atomic mass is 35.5. The third-order valence-electron chi connectivity index (χ3n) is 3.06. The summed E-state index contributed by atoms with van der Waals surface area (Å²) in [6, 6.07) is 4.33. The van der Waals surface area contributed by atoms with E-state index in [9.17, 15) is 4.39 Å². The minimum atomic E-state index is -0.310. The lowest BCUT2D eigenvalue weighted by molar-refractivity contribution is 0.182. The first-order chi connectivity index (χ1) is 8.20. The number of nitrogens with one attached hydrogen (secondary N) is 1. The first-order valence-corrected chi connectivity index (χ1v) is 6.08. The van der Waals surface area contributed by atoms with Crippen LogP contribution < -0.4 is 11.1 Å². The molecular formula is C12H16ClFN2O. The van der Waals surface area contributed by atoms with E-state index >= 15 is 0 Å². The molecule has 2 rings (SSSR count). The molecule has 1 saturated heterocycles. The maximum atomic E-state index is 13.1. The van der Waals surface area contributed by atoms with Crippen molar-refractivity contribution in [1.29, 1.82) is 0 Å². The Bertz CT molecular complexity index is 383. The van der Waals surface area contributed by atoms with E-state index < -0.39 is 0 Å². The van der Waals surface area contributed by atoms with Crippen molar-refractivity contribution in [2.45, 2.75) is 12.5 Å². The van der Waals surface area contributed by atoms with Crippen molar-refractivity contribution in [3.8, 4) is 0 Å². The summed E-state index contributed by atoms with van der Waals surface area (Å²) in [5.41, 5.74) is 6.33. The largest absolute Gasteiger partial charge is 0.381 e. The molecule has 0 radical (unpaired) electrons. The van der Waals surface area contributed by atoms with Crippen molar-refractivity contribution in [3.63, 3.8) is 0 Å². The number of halogens is 2. The van der Waals surface area contributed by atoms with E-state index in [4.69, 9.17) is 22.1 Å². The highest BCUT2D eigenvalue weighted by Crippen LogP contribution is 2.26. The Morgan fingerprint density at radius 3 is 3.06 bits per heavy atom. The van der Waals surface area contributed by atoms with Crippen LogP contribution in [0.3, 0.4) is 0 Å². The van der Waals surface area contributed by atoms with Gasteiger partial charge in [0.25, 0.3) is 0 Å². The summed E-state index contributed by atoms with van der Waals surface area (Å²) in [5, 5.41) is 3.71. The van der Waals surface area contributed by atoms with Gasteiger partial charge in [0.2, 0.25) is 0 Å². The summed E-state index contributed by atoms with van der Waals surface area (Å²) in [4.78, 5) is 0. The molecule has 3 N–H and O–H groups in total. The van der Waals surface area contributed by atoms with Crippen LogP contribution in [0.4, 0.5) is 10.1 Å². The van der Waals surface area contributed by atoms with E-state index in [0.29, 0.717) is 29.8 Å². The van der Waals surface area contributed by atoms with Crippen LogP contribution >= 0.6 is 11.6 Å². The van der Waals surface area contributed by atoms with Gasteiger partial charge in [-0.1, -0.05) is 11.6 Å². The second-order valence-electron chi connectivity index (χ2n) is 4.23. The molecule has 1 heterocycles. The summed E-state index contributed by atoms with van der Waals surface area (Å²) in [6.07, 6.45) is 0.974. The van der Waals surface area contributed by atoms with Crippen molar-refractivity contribution in [1.82, 2.24) is 0 Å². The Labute approximate surface area is 105 Å². The number of hydrogen-bond donors (Lipinski definition) is 2. The third kappa shape index (κ3) is 3.09. The summed E-state index contributed by atoms with van der Waals surface area (Å²) < 4.78 is 18.5. The van der Waals surface area contributed by atoms with Crippen molar-refractivity contribution in [2.75, 3.05) is 25.1 Å². The zero-order valence-corrected chi connectivity index (χ0v) is 10.2. The molecule has 0 amide bonds. The van der Waals surface area contributed by atoms with Crippen LogP contribution in [-0.2, 0) is 4.74 Å². The molecule has 0 aliphatic carbocycles. The van der Waals surface area contributed by atoms with Crippen molar-refractivity contribution in [3.05, 3.63) is 29.0 Å². The predicted molar refractivity (Wildman–Crippen MR) is 66.8 cm³/mol. The molecule has 1 aliphatic heterocycles. The number of rotatable bonds is 4. The number of anilines is 1. The SMILES string of the molecule is NCC(Nc1cc(F)ccc1Cl)C1CCOC1. The summed E-state index contributed by atoms with van der Waals surface area (Å²) in [7, 11) is 0. The predicted octanol–water partition coefficient (Wildman–Crippen LogP) is 2.25. The molecule has 5 heteroatoms. The topological polar surface area (TPSA) is 47.3 Å². The number of hydrogen-bond acceptors (Lipinski definition) is 3. The molecule has 0 spiro atoms. The van der Waals surface area contributed by atoms with E-state index in [1.54, 1.807) is 0 Å². The van der Waals surface area contributed by atoms with Crippen LogP contribution in [-0.4, -0.2) is 25.8 Å². The second kappa shape index (κ2) is 5.67. The third-order valence-corrected chi connectivity index (χ3v) is 3.39. The average Bonchev–Trinajstić information content (AvgIpc) is 2.84. The number of nitrogens with two attached hydrogens (primary N) is 1. The Hall–Kier alpha value is -0.840. The molecule has 1 aromatic rings. The van der Waals surface area contributed by atoms with Gasteiger partial charge in [-0.15, -0.1) is 0 Å². The van der Waals surface area contributed by atoms with Gasteiger partial charge in [0.05, 0.1) is 17.3 Å². The second-order valence-corrected chi connectivity index (χ2v) is 4.64. The van der Waals surface area contributed by atoms with E-state index in [-0.39, 0.29) is 11.9 Å². The van der Waals surface area contributed by atoms with Gasteiger partial charge in [-0.2, -0.15) is 0 Å². The van der Waals surface area contributed by atoms with Gasteiger partial charge in [0.1, 0.15) is 5.82 Å². The lowest BCUT2D eigenvalue weighted by atomic mass is 9.99. The zero-order chi connectivity index (χ0) is 12.3. The molecule has 1 aliphatic rings. The molecular weight excluding hydrogens is 243 g/mol. The first-order valence-electron chi connectivity index (χ1n) is 5.70. The monoisotopic (exact) mass is 258 g/mol. The van der Waals surface area contributed by atoms with Gasteiger partial charge >= 0.3 is 0 Å². The van der Waals surface area contributed by atoms with E-state index in [2.05, 4.69) is 5.32 Å². The van der Waals surface area contributed by atoms with Crippen molar-refractivity contribution in [2.24, 2.45) is 11.7 Å². The highest BCUT2D eigenvalue weighted by Gasteiger charge is 2.25. The molecule has 2 atom stereocenters. The first kappa shape index (κ1) is 12.6. The van der Waals surface area contributed by atoms with Crippen molar-refractivity contribution < 1.29 is 9.13 Å². The molecule has 94 valence electrons. The van der Waals surface area contributed by atoms with E-state index in [1.807, 2.05) is 0 Å². The minimum Gasteiger partial charge on any atom is -0.381 e. The lowest BCUT2D eigenvalue weighted by Gasteiger charge is -2.23. The van der Waals surface area contributed by atoms with Gasteiger partial charge in [0.15, 0.2) is 0 Å². The standard InChI is InChI=1S/C12H16ClFN2O/c13-10-2-1-9(14)5-11(10)16-12(6-15)8-3-4-17-7-8/h1-2,5,8,12,16H,3-4,6-7,15H2. The Kier molecular flexibility index (Phi) is 4.20. The van der Waals surface area contributed by atoms with Gasteiger partial charge in [-0.3, -0.25) is 0 Å². The fraction of sp³-hybridized carbons (Fsp3) is 0.500. The molecule has 0 aromatic heterocycles. The molecule has 2 unspecified atom stereocenters. The van der Waals surface area contributed by atoms with Crippen LogP contribution in [0.25, 0.3) is 0 Å². The van der Waals surface area contributed by atoms with Gasteiger partial charge < -0.3 is 15.8 Å². The van der Waals surface area contributed by atoms with Crippen LogP contribution in [0.15, 0.2) is 18.2 Å². The molecule has 17 heavy (non-hydrogen) atoms. The minimum absolute atomic E-state index is 0.0665. The smallest absolute Gasteiger partial charge is 0.125 e. The fourth-order valence-corrected chi connectivity index (χ4v) is 2.22. The average molecular weight is 259 g/mol. The maximum absolute atomic E-state index is 13.1. The Morgan fingerprint density at radius 2 is 2.41 bits per heavy atom. The quantitative estimate of drug-likeness (QED) is 0.871. The van der Waals surface area contributed by atoms with Gasteiger partial charge in [-0.25, -0.2) is 4.39 Å². The van der Waals surface area contributed by atoms with Crippen LogP contribution in [0.2, 0.25) is 5.02 Å². The lowest BCUT2D eigenvalue weighted by Crippen LogP contribution is -2.36. The van der Waals surface area contributed by atoms with Gasteiger partial charge in [0, 0.05) is 25.1 Å². The summed E-state index contributed by atoms with van der Waals surface area (Å²) in [6.45, 7) is 1.93. The molecule has 1 fully saturated rings.